The SMILES string of the molecule is CC(=O)CC(=O)OCC(C)N(C)CCC(c1ccccc1)c1ccccc1. The Morgan fingerprint density at radius 3 is 1.96 bits per heavy atom. The van der Waals surface area contributed by atoms with Crippen LogP contribution < -0.4 is 0 Å². The van der Waals surface area contributed by atoms with Crippen LogP contribution in [0, 0.1) is 0 Å². The van der Waals surface area contributed by atoms with Gasteiger partial charge in [0.1, 0.15) is 18.8 Å². The molecule has 0 aliphatic heterocycles. The van der Waals surface area contributed by atoms with Crippen LogP contribution >= 0.6 is 0 Å². The van der Waals surface area contributed by atoms with Crippen LogP contribution in [0.2, 0.25) is 0 Å². The Kier molecular flexibility index (Phi) is 8.21. The molecule has 4 heteroatoms. The number of hydrogen-bond acceptors (Lipinski definition) is 4. The number of likely N-dealkylation sites (N-methyl/N-ethyl adjacent to an activating group) is 1. The molecule has 2 rings (SSSR count). The molecule has 0 aromatic heterocycles. The molecule has 0 radical (unpaired) electrons. The van der Waals surface area contributed by atoms with E-state index in [4.69, 9.17) is 4.74 Å². The van der Waals surface area contributed by atoms with Gasteiger partial charge in [-0.05, 0) is 45.0 Å². The zero-order chi connectivity index (χ0) is 19.6. The zero-order valence-corrected chi connectivity index (χ0v) is 16.4. The third-order valence-corrected chi connectivity index (χ3v) is 4.81. The van der Waals surface area contributed by atoms with Crippen molar-refractivity contribution in [2.24, 2.45) is 0 Å². The van der Waals surface area contributed by atoms with Gasteiger partial charge in [-0.25, -0.2) is 0 Å². The van der Waals surface area contributed by atoms with Gasteiger partial charge in [-0.1, -0.05) is 60.7 Å². The van der Waals surface area contributed by atoms with E-state index in [9.17, 15) is 9.59 Å². The maximum absolute atomic E-state index is 11.6. The molecular formula is C23H29NO3. The molecule has 0 heterocycles. The largest absolute Gasteiger partial charge is 0.464 e. The number of ketones is 1. The van der Waals surface area contributed by atoms with Crippen molar-refractivity contribution in [1.29, 1.82) is 0 Å². The van der Waals surface area contributed by atoms with E-state index in [0.29, 0.717) is 12.5 Å². The Balaban J connectivity index is 1.94. The number of carbonyl (C=O) groups is 2. The highest BCUT2D eigenvalue weighted by atomic mass is 16.5. The number of Topliss-reactive ketones (excluding diaryl/α,β-unsaturated/α-hetero) is 1. The van der Waals surface area contributed by atoms with Crippen molar-refractivity contribution in [1.82, 2.24) is 4.90 Å². The predicted molar refractivity (Wildman–Crippen MR) is 108 cm³/mol. The number of nitrogens with zero attached hydrogens (tertiary/aromatic N) is 1. The van der Waals surface area contributed by atoms with E-state index in [1.165, 1.54) is 18.1 Å². The van der Waals surface area contributed by atoms with Crippen LogP contribution in [0.3, 0.4) is 0 Å². The molecule has 4 nitrogen and oxygen atoms in total. The van der Waals surface area contributed by atoms with E-state index < -0.39 is 5.97 Å². The summed E-state index contributed by atoms with van der Waals surface area (Å²) in [5.41, 5.74) is 2.61. The van der Waals surface area contributed by atoms with E-state index in [1.807, 2.05) is 26.1 Å². The van der Waals surface area contributed by atoms with Gasteiger partial charge in [0.05, 0.1) is 0 Å². The molecule has 0 amide bonds. The van der Waals surface area contributed by atoms with Crippen LogP contribution in [0.5, 0.6) is 0 Å². The van der Waals surface area contributed by atoms with Crippen molar-refractivity contribution in [2.75, 3.05) is 20.2 Å². The Labute approximate surface area is 162 Å². The summed E-state index contributed by atoms with van der Waals surface area (Å²) >= 11 is 0. The fourth-order valence-corrected chi connectivity index (χ4v) is 3.04. The number of esters is 1. The molecule has 1 atom stereocenters. The Bertz CT molecular complexity index is 675. The summed E-state index contributed by atoms with van der Waals surface area (Å²) in [5, 5.41) is 0. The minimum Gasteiger partial charge on any atom is -0.464 e. The van der Waals surface area contributed by atoms with Crippen LogP contribution in [0.4, 0.5) is 0 Å². The van der Waals surface area contributed by atoms with Crippen molar-refractivity contribution >= 4 is 11.8 Å². The number of carbonyl (C=O) groups excluding carboxylic acids is 2. The molecule has 0 saturated carbocycles. The summed E-state index contributed by atoms with van der Waals surface area (Å²) in [6.07, 6.45) is 0.816. The average Bonchev–Trinajstić information content (AvgIpc) is 2.67. The maximum atomic E-state index is 11.6. The summed E-state index contributed by atoms with van der Waals surface area (Å²) < 4.78 is 5.21. The highest BCUT2D eigenvalue weighted by Crippen LogP contribution is 2.28. The molecule has 0 saturated heterocycles. The molecule has 27 heavy (non-hydrogen) atoms. The molecule has 0 aliphatic carbocycles. The third-order valence-electron chi connectivity index (χ3n) is 4.81. The molecule has 1 unspecified atom stereocenters. The van der Waals surface area contributed by atoms with Gasteiger partial charge < -0.3 is 9.64 Å². The average molecular weight is 367 g/mol. The molecule has 0 aliphatic rings. The smallest absolute Gasteiger partial charge is 0.313 e. The van der Waals surface area contributed by atoms with Gasteiger partial charge in [-0.15, -0.1) is 0 Å². The summed E-state index contributed by atoms with van der Waals surface area (Å²) in [4.78, 5) is 24.7. The minimum absolute atomic E-state index is 0.0908. The van der Waals surface area contributed by atoms with Crippen molar-refractivity contribution in [3.63, 3.8) is 0 Å². The van der Waals surface area contributed by atoms with Gasteiger partial charge in [-0.3, -0.25) is 9.59 Å². The minimum atomic E-state index is -0.450. The van der Waals surface area contributed by atoms with Crippen molar-refractivity contribution in [2.45, 2.75) is 38.6 Å². The second-order valence-corrected chi connectivity index (χ2v) is 7.05. The first-order chi connectivity index (χ1) is 13.0. The quantitative estimate of drug-likeness (QED) is 0.469. The molecule has 0 bridgehead atoms. The van der Waals surface area contributed by atoms with E-state index in [1.54, 1.807) is 0 Å². The summed E-state index contributed by atoms with van der Waals surface area (Å²) in [6, 6.07) is 21.2. The van der Waals surface area contributed by atoms with Gasteiger partial charge in [0.2, 0.25) is 0 Å². The van der Waals surface area contributed by atoms with Crippen LogP contribution in [0.1, 0.15) is 43.7 Å². The molecular weight excluding hydrogens is 338 g/mol. The molecule has 144 valence electrons. The molecule has 0 spiro atoms. The molecule has 2 aromatic rings. The van der Waals surface area contributed by atoms with Gasteiger partial charge in [0, 0.05) is 12.0 Å². The summed E-state index contributed by atoms with van der Waals surface area (Å²) in [5.74, 6) is -0.300. The first-order valence-electron chi connectivity index (χ1n) is 9.42. The summed E-state index contributed by atoms with van der Waals surface area (Å²) in [6.45, 7) is 4.59. The second kappa shape index (κ2) is 10.6. The lowest BCUT2D eigenvalue weighted by atomic mass is 9.88. The van der Waals surface area contributed by atoms with Gasteiger partial charge in [0.25, 0.3) is 0 Å². The van der Waals surface area contributed by atoms with Crippen LogP contribution in [-0.2, 0) is 14.3 Å². The molecule has 2 aromatic carbocycles. The predicted octanol–water partition coefficient (Wildman–Crippen LogP) is 4.05. The zero-order valence-electron chi connectivity index (χ0n) is 16.4. The lowest BCUT2D eigenvalue weighted by molar-refractivity contribution is -0.147. The van der Waals surface area contributed by atoms with Crippen LogP contribution in [0.15, 0.2) is 60.7 Å². The van der Waals surface area contributed by atoms with Crippen LogP contribution in [0.25, 0.3) is 0 Å². The normalized spacial score (nSPS) is 12.2. The monoisotopic (exact) mass is 367 g/mol. The number of hydrogen-bond donors (Lipinski definition) is 0. The number of benzene rings is 2. The molecule has 0 N–H and O–H groups in total. The summed E-state index contributed by atoms with van der Waals surface area (Å²) in [7, 11) is 2.04. The van der Waals surface area contributed by atoms with E-state index in [2.05, 4.69) is 53.4 Å². The number of rotatable bonds is 10. The van der Waals surface area contributed by atoms with E-state index in [-0.39, 0.29) is 18.2 Å². The maximum Gasteiger partial charge on any atom is 0.313 e. The topological polar surface area (TPSA) is 46.6 Å². The molecule has 0 fully saturated rings. The standard InChI is InChI=1S/C23H29NO3/c1-18(17-27-23(26)16-19(2)25)24(3)15-14-22(20-10-6-4-7-11-20)21-12-8-5-9-13-21/h4-13,18,22H,14-17H2,1-3H3. The first-order valence-corrected chi connectivity index (χ1v) is 9.42. The highest BCUT2D eigenvalue weighted by molar-refractivity contribution is 5.94. The number of ether oxygens (including phenoxy) is 1. The Hall–Kier alpha value is -2.46. The Morgan fingerprint density at radius 2 is 1.48 bits per heavy atom. The lowest BCUT2D eigenvalue weighted by Gasteiger charge is -2.27. The van der Waals surface area contributed by atoms with Crippen LogP contribution in [-0.4, -0.2) is 42.9 Å². The highest BCUT2D eigenvalue weighted by Gasteiger charge is 2.18. The fraction of sp³-hybridized carbons (Fsp3) is 0.391. The van der Waals surface area contributed by atoms with Crippen molar-refractivity contribution < 1.29 is 14.3 Å². The van der Waals surface area contributed by atoms with E-state index in [0.717, 1.165) is 13.0 Å². The van der Waals surface area contributed by atoms with Gasteiger partial charge >= 0.3 is 5.97 Å². The second-order valence-electron chi connectivity index (χ2n) is 7.05. The first kappa shape index (κ1) is 20.8. The van der Waals surface area contributed by atoms with Gasteiger partial charge in [0.15, 0.2) is 0 Å². The third kappa shape index (κ3) is 6.99. The Morgan fingerprint density at radius 1 is 0.963 bits per heavy atom. The van der Waals surface area contributed by atoms with E-state index >= 15 is 0 Å². The van der Waals surface area contributed by atoms with Crippen molar-refractivity contribution in [3.05, 3.63) is 71.8 Å². The fourth-order valence-electron chi connectivity index (χ4n) is 3.04. The van der Waals surface area contributed by atoms with Crippen molar-refractivity contribution in [3.8, 4) is 0 Å². The van der Waals surface area contributed by atoms with Gasteiger partial charge in [-0.2, -0.15) is 0 Å². The lowest BCUT2D eigenvalue weighted by Crippen LogP contribution is -2.35.